The maximum atomic E-state index is 14.3. The predicted molar refractivity (Wildman–Crippen MR) is 284 cm³/mol. The number of urea groups is 1. The zero-order valence-corrected chi connectivity index (χ0v) is 43.0. The number of benzene rings is 4. The number of anilines is 2. The smallest absolute Gasteiger partial charge is 0.323 e. The molecular weight excluding hydrogens is 937 g/mol. The largest absolute Gasteiger partial charge is 0.347 e. The summed E-state index contributed by atoms with van der Waals surface area (Å²) in [4.78, 5) is 99.2. The molecule has 2 fully saturated rings. The van der Waals surface area contributed by atoms with Crippen molar-refractivity contribution in [2.45, 2.75) is 139 Å². The van der Waals surface area contributed by atoms with Crippen molar-refractivity contribution in [3.05, 3.63) is 130 Å². The van der Waals surface area contributed by atoms with E-state index in [9.17, 15) is 33.6 Å². The number of hydrogen-bond acceptors (Lipinski definition) is 9. The SMILES string of the molecule is CN[C@@H](C)C(=O)N[C@@H](Cc1ccc(NC(=O)Nc2ccc(C[C@H](NC(=O)[C@H](C)NC)C(=O)N3CCC[C@H]3C(=O)N[C@@H]3CCCc4ccccc43)cc2)cc1)C(=O)N1CCC[C@H]1C(=O)N[C@@H]1CCCc2ccccc21. The van der Waals surface area contributed by atoms with Crippen molar-refractivity contribution in [3.63, 3.8) is 0 Å². The number of rotatable bonds is 18. The van der Waals surface area contributed by atoms with Crippen molar-refractivity contribution in [2.75, 3.05) is 37.8 Å². The molecule has 4 aromatic rings. The van der Waals surface area contributed by atoms with Crippen molar-refractivity contribution in [3.8, 4) is 0 Å². The van der Waals surface area contributed by atoms with Gasteiger partial charge in [0.25, 0.3) is 0 Å². The molecule has 17 heteroatoms. The number of nitrogens with one attached hydrogen (secondary N) is 8. The molecule has 2 saturated heterocycles. The average Bonchev–Trinajstić information content (AvgIpc) is 4.13. The van der Waals surface area contributed by atoms with Gasteiger partial charge in [-0.25, -0.2) is 4.79 Å². The van der Waals surface area contributed by atoms with Crippen LogP contribution in [0.4, 0.5) is 16.2 Å². The van der Waals surface area contributed by atoms with Gasteiger partial charge in [0.05, 0.1) is 24.2 Å². The second-order valence-electron chi connectivity index (χ2n) is 20.2. The molecule has 392 valence electrons. The molecule has 0 radical (unpaired) electrons. The van der Waals surface area contributed by atoms with Gasteiger partial charge in [0.15, 0.2) is 0 Å². The summed E-state index contributed by atoms with van der Waals surface area (Å²) in [6.45, 7) is 4.23. The van der Waals surface area contributed by atoms with Crippen molar-refractivity contribution in [1.29, 1.82) is 0 Å². The van der Waals surface area contributed by atoms with E-state index in [4.69, 9.17) is 0 Å². The van der Waals surface area contributed by atoms with Gasteiger partial charge in [-0.1, -0.05) is 72.8 Å². The minimum atomic E-state index is -0.942. The molecule has 0 saturated carbocycles. The number of fused-ring (bicyclic) bond motifs is 2. The van der Waals surface area contributed by atoms with E-state index in [1.807, 2.05) is 24.3 Å². The van der Waals surface area contributed by atoms with E-state index in [1.54, 1.807) is 86.3 Å². The molecular formula is C57H72N10O7. The number of aryl methyl sites for hydroxylation is 2. The fraction of sp³-hybridized carbons (Fsp3) is 0.456. The van der Waals surface area contributed by atoms with E-state index in [1.165, 1.54) is 11.1 Å². The van der Waals surface area contributed by atoms with Crippen LogP contribution in [0.5, 0.6) is 0 Å². The van der Waals surface area contributed by atoms with Crippen LogP contribution in [0.3, 0.4) is 0 Å². The number of carbonyl (C=O) groups excluding carboxylic acids is 7. The molecule has 8 rings (SSSR count). The highest BCUT2D eigenvalue weighted by molar-refractivity contribution is 6.00. The van der Waals surface area contributed by atoms with Crippen molar-refractivity contribution < 1.29 is 33.6 Å². The van der Waals surface area contributed by atoms with E-state index in [0.29, 0.717) is 50.1 Å². The molecule has 2 aliphatic heterocycles. The molecule has 4 aliphatic rings. The molecule has 0 unspecified atom stereocenters. The summed E-state index contributed by atoms with van der Waals surface area (Å²) in [6, 6.07) is 25.3. The minimum absolute atomic E-state index is 0.120. The predicted octanol–water partition coefficient (Wildman–Crippen LogP) is 4.97. The Morgan fingerprint density at radius 2 is 0.905 bits per heavy atom. The van der Waals surface area contributed by atoms with Gasteiger partial charge in [-0.3, -0.25) is 28.8 Å². The topological polar surface area (TPSA) is 222 Å². The summed E-state index contributed by atoms with van der Waals surface area (Å²) in [6.07, 6.45) is 8.26. The van der Waals surface area contributed by atoms with E-state index in [0.717, 1.165) is 60.8 Å². The Kier molecular flexibility index (Phi) is 17.8. The van der Waals surface area contributed by atoms with Gasteiger partial charge < -0.3 is 52.3 Å². The summed E-state index contributed by atoms with van der Waals surface area (Å²) in [7, 11) is 3.34. The molecule has 2 heterocycles. The first-order valence-electron chi connectivity index (χ1n) is 26.4. The van der Waals surface area contributed by atoms with E-state index in [2.05, 4.69) is 66.8 Å². The molecule has 8 amide bonds. The Labute approximate surface area is 434 Å². The maximum Gasteiger partial charge on any atom is 0.323 e. The van der Waals surface area contributed by atoms with Gasteiger partial charge >= 0.3 is 6.03 Å². The number of carbonyl (C=O) groups is 7. The first-order chi connectivity index (χ1) is 35.8. The van der Waals surface area contributed by atoms with Gasteiger partial charge in [0.1, 0.15) is 24.2 Å². The Bertz CT molecular complexity index is 2480. The van der Waals surface area contributed by atoms with Crippen LogP contribution >= 0.6 is 0 Å². The third-order valence-corrected chi connectivity index (χ3v) is 15.2. The fourth-order valence-corrected chi connectivity index (χ4v) is 10.8. The van der Waals surface area contributed by atoms with E-state index < -0.39 is 42.3 Å². The zero-order valence-electron chi connectivity index (χ0n) is 43.0. The monoisotopic (exact) mass is 1010 g/mol. The number of hydrogen-bond donors (Lipinski definition) is 8. The molecule has 8 atom stereocenters. The summed E-state index contributed by atoms with van der Waals surface area (Å²) in [5.74, 6) is -1.71. The van der Waals surface area contributed by atoms with Gasteiger partial charge in [-0.05, 0) is 150 Å². The summed E-state index contributed by atoms with van der Waals surface area (Å²) >= 11 is 0. The van der Waals surface area contributed by atoms with E-state index in [-0.39, 0.29) is 60.4 Å². The Morgan fingerprint density at radius 3 is 1.30 bits per heavy atom. The maximum absolute atomic E-state index is 14.3. The highest BCUT2D eigenvalue weighted by atomic mass is 16.2. The number of likely N-dealkylation sites (tertiary alicyclic amines) is 2. The van der Waals surface area contributed by atoms with Crippen molar-refractivity contribution in [1.82, 2.24) is 41.7 Å². The van der Waals surface area contributed by atoms with Crippen molar-refractivity contribution >= 4 is 52.8 Å². The summed E-state index contributed by atoms with van der Waals surface area (Å²) < 4.78 is 0. The van der Waals surface area contributed by atoms with Crippen LogP contribution in [0.25, 0.3) is 0 Å². The van der Waals surface area contributed by atoms with Gasteiger partial charge in [0.2, 0.25) is 35.4 Å². The van der Waals surface area contributed by atoms with Crippen LogP contribution in [-0.4, -0.2) is 115 Å². The third-order valence-electron chi connectivity index (χ3n) is 15.2. The minimum Gasteiger partial charge on any atom is -0.347 e. The fourth-order valence-electron chi connectivity index (χ4n) is 10.8. The molecule has 17 nitrogen and oxygen atoms in total. The second-order valence-corrected chi connectivity index (χ2v) is 20.2. The van der Waals surface area contributed by atoms with Crippen LogP contribution in [0.2, 0.25) is 0 Å². The average molecular weight is 1010 g/mol. The number of amides is 8. The Hall–Kier alpha value is -7.11. The van der Waals surface area contributed by atoms with Crippen LogP contribution in [0, 0.1) is 0 Å². The van der Waals surface area contributed by atoms with Crippen LogP contribution in [0.1, 0.15) is 111 Å². The van der Waals surface area contributed by atoms with Gasteiger partial charge in [0, 0.05) is 37.3 Å². The molecule has 2 aliphatic carbocycles. The van der Waals surface area contributed by atoms with Crippen LogP contribution in [-0.2, 0) is 54.5 Å². The molecule has 0 aromatic heterocycles. The third kappa shape index (κ3) is 13.0. The molecule has 74 heavy (non-hydrogen) atoms. The van der Waals surface area contributed by atoms with Gasteiger partial charge in [-0.15, -0.1) is 0 Å². The Balaban J connectivity index is 0.872. The second kappa shape index (κ2) is 24.7. The molecule has 8 N–H and O–H groups in total. The number of nitrogens with zero attached hydrogens (tertiary/aromatic N) is 2. The van der Waals surface area contributed by atoms with Crippen molar-refractivity contribution in [2.24, 2.45) is 0 Å². The standard InChI is InChI=1S/C57H72N10O7/c1-35(58-3)51(68)64-47(55(72)66-31-11-21-49(66)53(70)62-45-19-9-15-39-13-5-7-17-43(39)45)33-37-23-27-41(28-24-37)60-57(74)61-42-29-25-38(26-30-42)34-48(65-52(69)36(2)59-4)56(73)67-32-12-22-50(67)54(71)63-46-20-10-16-40-14-6-8-18-44(40)46/h5-8,13-14,17-18,23-30,35-36,45-50,58-59H,9-12,15-16,19-22,31-34H2,1-4H3,(H,62,70)(H,63,71)(H,64,68)(H,65,69)(H2,60,61,74)/t35-,36-,45+,46+,47-,48-,49-,50-/m0/s1. The molecule has 0 spiro atoms. The Morgan fingerprint density at radius 1 is 0.514 bits per heavy atom. The lowest BCUT2D eigenvalue weighted by atomic mass is 9.87. The quantitative estimate of drug-likeness (QED) is 0.0674. The van der Waals surface area contributed by atoms with Crippen LogP contribution in [0.15, 0.2) is 97.1 Å². The van der Waals surface area contributed by atoms with E-state index >= 15 is 0 Å². The summed E-state index contributed by atoms with van der Waals surface area (Å²) in [5.41, 5.74) is 7.17. The normalized spacial score (nSPS) is 20.6. The lowest BCUT2D eigenvalue weighted by Gasteiger charge is -2.32. The zero-order chi connectivity index (χ0) is 52.3. The summed E-state index contributed by atoms with van der Waals surface area (Å²) in [5, 5.41) is 23.9. The van der Waals surface area contributed by atoms with Gasteiger partial charge in [-0.2, -0.15) is 0 Å². The lowest BCUT2D eigenvalue weighted by molar-refractivity contribution is -0.141. The highest BCUT2D eigenvalue weighted by Gasteiger charge is 2.41. The molecule has 4 aromatic carbocycles. The number of likely N-dealkylation sites (N-methyl/N-ethyl adjacent to an activating group) is 2. The highest BCUT2D eigenvalue weighted by Crippen LogP contribution is 2.32. The lowest BCUT2D eigenvalue weighted by Crippen LogP contribution is -2.56. The first kappa shape index (κ1) is 53.2. The molecule has 0 bridgehead atoms. The van der Waals surface area contributed by atoms with Crippen LogP contribution < -0.4 is 42.5 Å². The first-order valence-corrected chi connectivity index (χ1v) is 26.4.